The summed E-state index contributed by atoms with van der Waals surface area (Å²) in [6, 6.07) is 16.1. The summed E-state index contributed by atoms with van der Waals surface area (Å²) < 4.78 is 2.00. The molecule has 0 spiro atoms. The minimum atomic E-state index is 0.0729. The average Bonchev–Trinajstić information content (AvgIpc) is 3.01. The van der Waals surface area contributed by atoms with Crippen molar-refractivity contribution in [3.8, 4) is 16.8 Å². The molecule has 0 saturated carbocycles. The lowest BCUT2D eigenvalue weighted by Crippen LogP contribution is -1.94. The topological polar surface area (TPSA) is 38.0 Å². The molecule has 0 amide bonds. The lowest BCUT2D eigenvalue weighted by Gasteiger charge is -2.10. The summed E-state index contributed by atoms with van der Waals surface area (Å²) in [6.07, 6.45) is 5.49. The molecule has 3 aromatic rings. The molecule has 0 fully saturated rings. The van der Waals surface area contributed by atoms with Crippen molar-refractivity contribution < 1.29 is 5.11 Å². The van der Waals surface area contributed by atoms with Gasteiger partial charge < -0.3 is 9.67 Å². The molecule has 2 aromatic carbocycles. The monoisotopic (exact) mass is 250 g/mol. The van der Waals surface area contributed by atoms with E-state index in [1.807, 2.05) is 47.2 Å². The zero-order valence-corrected chi connectivity index (χ0v) is 10.4. The Morgan fingerprint density at radius 2 is 1.79 bits per heavy atom. The molecule has 0 aliphatic heterocycles. The summed E-state index contributed by atoms with van der Waals surface area (Å²) in [5.74, 6) is 0. The number of aliphatic hydroxyl groups is 1. The summed E-state index contributed by atoms with van der Waals surface area (Å²) in [6.45, 7) is 0.0729. The zero-order valence-electron chi connectivity index (χ0n) is 10.4. The maximum Gasteiger partial charge on any atom is 0.0991 e. The van der Waals surface area contributed by atoms with Crippen molar-refractivity contribution in [2.24, 2.45) is 0 Å². The first kappa shape index (κ1) is 11.7. The number of imidazole rings is 1. The van der Waals surface area contributed by atoms with Gasteiger partial charge in [-0.1, -0.05) is 42.5 Å². The zero-order chi connectivity index (χ0) is 13.1. The first-order valence-corrected chi connectivity index (χ1v) is 6.16. The van der Waals surface area contributed by atoms with Crippen LogP contribution in [0.2, 0.25) is 0 Å². The molecule has 0 bridgehead atoms. The molecule has 1 N–H and O–H groups in total. The van der Waals surface area contributed by atoms with Gasteiger partial charge in [0.1, 0.15) is 0 Å². The van der Waals surface area contributed by atoms with Gasteiger partial charge in [0.25, 0.3) is 0 Å². The van der Waals surface area contributed by atoms with Gasteiger partial charge in [-0.25, -0.2) is 4.98 Å². The van der Waals surface area contributed by atoms with Crippen LogP contribution in [0.25, 0.3) is 16.8 Å². The van der Waals surface area contributed by atoms with Crippen molar-refractivity contribution >= 4 is 0 Å². The van der Waals surface area contributed by atoms with Crippen LogP contribution < -0.4 is 0 Å². The van der Waals surface area contributed by atoms with Crippen molar-refractivity contribution in [3.63, 3.8) is 0 Å². The number of benzene rings is 2. The first-order chi connectivity index (χ1) is 9.38. The third-order valence-corrected chi connectivity index (χ3v) is 3.13. The molecule has 1 aromatic heterocycles. The Kier molecular flexibility index (Phi) is 3.12. The van der Waals surface area contributed by atoms with Crippen LogP contribution in [0, 0.1) is 0 Å². The van der Waals surface area contributed by atoms with E-state index < -0.39 is 0 Å². The Hall–Kier alpha value is -2.39. The van der Waals surface area contributed by atoms with Crippen LogP contribution in [0.15, 0.2) is 67.3 Å². The van der Waals surface area contributed by atoms with Crippen LogP contribution in [0.3, 0.4) is 0 Å². The second kappa shape index (κ2) is 5.08. The SMILES string of the molecule is OCc1ccc(-c2ccccc2-n2ccnc2)cc1. The number of para-hydroxylation sites is 1. The maximum absolute atomic E-state index is 9.09. The van der Waals surface area contributed by atoms with Gasteiger partial charge in [0, 0.05) is 18.0 Å². The Balaban J connectivity index is 2.09. The number of hydrogen-bond donors (Lipinski definition) is 1. The number of hydrogen-bond acceptors (Lipinski definition) is 2. The Bertz CT molecular complexity index is 657. The van der Waals surface area contributed by atoms with Crippen molar-refractivity contribution in [2.45, 2.75) is 6.61 Å². The highest BCUT2D eigenvalue weighted by molar-refractivity contribution is 5.73. The molecule has 94 valence electrons. The number of nitrogens with zero attached hydrogens (tertiary/aromatic N) is 2. The Morgan fingerprint density at radius 3 is 2.47 bits per heavy atom. The van der Waals surface area contributed by atoms with E-state index in [1.54, 1.807) is 12.5 Å². The van der Waals surface area contributed by atoms with Crippen molar-refractivity contribution in [1.29, 1.82) is 0 Å². The fraction of sp³-hybridized carbons (Fsp3) is 0.0625. The largest absolute Gasteiger partial charge is 0.392 e. The highest BCUT2D eigenvalue weighted by atomic mass is 16.3. The lowest BCUT2D eigenvalue weighted by atomic mass is 10.0. The molecule has 0 radical (unpaired) electrons. The van der Waals surface area contributed by atoms with Gasteiger partial charge in [0.2, 0.25) is 0 Å². The van der Waals surface area contributed by atoms with Gasteiger partial charge in [0.05, 0.1) is 18.6 Å². The van der Waals surface area contributed by atoms with Crippen LogP contribution in [-0.2, 0) is 6.61 Å². The van der Waals surface area contributed by atoms with Gasteiger partial charge in [-0.3, -0.25) is 0 Å². The summed E-state index contributed by atoms with van der Waals surface area (Å²) in [4.78, 5) is 4.09. The van der Waals surface area contributed by atoms with Gasteiger partial charge in [-0.05, 0) is 17.2 Å². The Morgan fingerprint density at radius 1 is 1.00 bits per heavy atom. The van der Waals surface area contributed by atoms with Crippen molar-refractivity contribution in [3.05, 3.63) is 72.8 Å². The average molecular weight is 250 g/mol. The van der Waals surface area contributed by atoms with Gasteiger partial charge in [0.15, 0.2) is 0 Å². The molecule has 1 heterocycles. The van der Waals surface area contributed by atoms with Crippen molar-refractivity contribution in [2.75, 3.05) is 0 Å². The summed E-state index contributed by atoms with van der Waals surface area (Å²) >= 11 is 0. The standard InChI is InChI=1S/C16H14N2O/c19-11-13-5-7-14(8-6-13)15-3-1-2-4-16(15)18-10-9-17-12-18/h1-10,12,19H,11H2. The number of aromatic nitrogens is 2. The van der Waals surface area contributed by atoms with E-state index in [1.165, 1.54) is 0 Å². The number of aliphatic hydroxyl groups excluding tert-OH is 1. The van der Waals surface area contributed by atoms with Crippen LogP contribution in [0.4, 0.5) is 0 Å². The van der Waals surface area contributed by atoms with E-state index in [4.69, 9.17) is 5.11 Å². The normalized spacial score (nSPS) is 10.6. The highest BCUT2D eigenvalue weighted by Gasteiger charge is 2.05. The van der Waals surface area contributed by atoms with E-state index in [2.05, 4.69) is 17.1 Å². The van der Waals surface area contributed by atoms with E-state index in [0.29, 0.717) is 0 Å². The van der Waals surface area contributed by atoms with E-state index in [-0.39, 0.29) is 6.61 Å². The second-order valence-corrected chi connectivity index (χ2v) is 4.34. The molecule has 3 nitrogen and oxygen atoms in total. The minimum absolute atomic E-state index is 0.0729. The molecule has 19 heavy (non-hydrogen) atoms. The molecule has 0 aliphatic rings. The fourth-order valence-corrected chi connectivity index (χ4v) is 2.13. The van der Waals surface area contributed by atoms with Crippen LogP contribution in [-0.4, -0.2) is 14.7 Å². The molecular formula is C16H14N2O. The maximum atomic E-state index is 9.09. The number of rotatable bonds is 3. The Labute approximate surface area is 111 Å². The quantitative estimate of drug-likeness (QED) is 0.776. The lowest BCUT2D eigenvalue weighted by molar-refractivity contribution is 0.282. The third-order valence-electron chi connectivity index (χ3n) is 3.13. The molecule has 0 saturated heterocycles. The van der Waals surface area contributed by atoms with Crippen LogP contribution >= 0.6 is 0 Å². The molecule has 0 atom stereocenters. The summed E-state index contributed by atoms with van der Waals surface area (Å²) in [5, 5.41) is 9.09. The third kappa shape index (κ3) is 2.28. The van der Waals surface area contributed by atoms with E-state index >= 15 is 0 Å². The predicted octanol–water partition coefficient (Wildman–Crippen LogP) is 3.03. The van der Waals surface area contributed by atoms with Gasteiger partial charge >= 0.3 is 0 Å². The molecule has 3 heteroatoms. The van der Waals surface area contributed by atoms with Gasteiger partial charge in [-0.15, -0.1) is 0 Å². The molecule has 3 rings (SSSR count). The van der Waals surface area contributed by atoms with Crippen molar-refractivity contribution in [1.82, 2.24) is 9.55 Å². The molecular weight excluding hydrogens is 236 g/mol. The minimum Gasteiger partial charge on any atom is -0.392 e. The smallest absolute Gasteiger partial charge is 0.0991 e. The van der Waals surface area contributed by atoms with Gasteiger partial charge in [-0.2, -0.15) is 0 Å². The molecule has 0 aliphatic carbocycles. The van der Waals surface area contributed by atoms with E-state index in [9.17, 15) is 0 Å². The predicted molar refractivity (Wildman–Crippen MR) is 74.9 cm³/mol. The van der Waals surface area contributed by atoms with E-state index in [0.717, 1.165) is 22.4 Å². The summed E-state index contributed by atoms with van der Waals surface area (Å²) in [7, 11) is 0. The molecule has 0 unspecified atom stereocenters. The second-order valence-electron chi connectivity index (χ2n) is 4.34. The fourth-order valence-electron chi connectivity index (χ4n) is 2.13. The van der Waals surface area contributed by atoms with Crippen LogP contribution in [0.5, 0.6) is 0 Å². The first-order valence-electron chi connectivity index (χ1n) is 6.16. The van der Waals surface area contributed by atoms with Crippen LogP contribution in [0.1, 0.15) is 5.56 Å². The summed E-state index contributed by atoms with van der Waals surface area (Å²) in [5.41, 5.74) is 4.28. The highest BCUT2D eigenvalue weighted by Crippen LogP contribution is 2.26.